The van der Waals surface area contributed by atoms with E-state index in [0.717, 1.165) is 11.1 Å². The van der Waals surface area contributed by atoms with Crippen molar-refractivity contribution < 1.29 is 9.53 Å². The number of anilines is 1. The van der Waals surface area contributed by atoms with E-state index in [4.69, 9.17) is 10.5 Å². The Kier molecular flexibility index (Phi) is 1.55. The van der Waals surface area contributed by atoms with Crippen molar-refractivity contribution in [3.05, 3.63) is 23.3 Å². The summed E-state index contributed by atoms with van der Waals surface area (Å²) in [5, 5.41) is 0. The zero-order chi connectivity index (χ0) is 9.59. The molecule has 0 aromatic heterocycles. The van der Waals surface area contributed by atoms with Gasteiger partial charge in [0.05, 0.1) is 5.92 Å². The molecule has 0 aliphatic carbocycles. The maximum absolute atomic E-state index is 11.2. The lowest BCUT2D eigenvalue weighted by atomic mass is 10.00. The standard InChI is InChI=1S/C10H11NO2/c1-5-3-7-6(2)10(12)13-9(7)4-8(5)11/h3-4,6H,11H2,1-2H3. The van der Waals surface area contributed by atoms with Gasteiger partial charge >= 0.3 is 5.97 Å². The third-order valence-corrected chi connectivity index (χ3v) is 2.43. The number of rotatable bonds is 0. The van der Waals surface area contributed by atoms with Gasteiger partial charge in [-0.3, -0.25) is 4.79 Å². The zero-order valence-corrected chi connectivity index (χ0v) is 7.63. The van der Waals surface area contributed by atoms with Crippen LogP contribution in [0.2, 0.25) is 0 Å². The molecule has 1 aromatic carbocycles. The first-order valence-corrected chi connectivity index (χ1v) is 4.21. The molecule has 0 saturated carbocycles. The average Bonchev–Trinajstić information content (AvgIpc) is 2.32. The van der Waals surface area contributed by atoms with Gasteiger partial charge in [0, 0.05) is 17.3 Å². The van der Waals surface area contributed by atoms with Crippen LogP contribution >= 0.6 is 0 Å². The van der Waals surface area contributed by atoms with Gasteiger partial charge in [-0.15, -0.1) is 0 Å². The molecule has 13 heavy (non-hydrogen) atoms. The fourth-order valence-electron chi connectivity index (χ4n) is 1.48. The minimum atomic E-state index is -0.194. The van der Waals surface area contributed by atoms with Gasteiger partial charge in [-0.2, -0.15) is 0 Å². The first-order chi connectivity index (χ1) is 6.09. The van der Waals surface area contributed by atoms with E-state index >= 15 is 0 Å². The molecular formula is C10H11NO2. The van der Waals surface area contributed by atoms with Crippen LogP contribution < -0.4 is 10.5 Å². The molecular weight excluding hydrogens is 166 g/mol. The van der Waals surface area contributed by atoms with Gasteiger partial charge in [0.1, 0.15) is 5.75 Å². The van der Waals surface area contributed by atoms with Crippen molar-refractivity contribution in [3.8, 4) is 5.75 Å². The third-order valence-electron chi connectivity index (χ3n) is 2.43. The molecule has 0 amide bonds. The first kappa shape index (κ1) is 8.10. The SMILES string of the molecule is Cc1cc2c(cc1N)OC(=O)C2C. The van der Waals surface area contributed by atoms with Crippen molar-refractivity contribution in [3.63, 3.8) is 0 Å². The largest absolute Gasteiger partial charge is 0.426 e. The van der Waals surface area contributed by atoms with Crippen LogP contribution in [-0.2, 0) is 4.79 Å². The highest BCUT2D eigenvalue weighted by molar-refractivity contribution is 5.86. The number of carbonyl (C=O) groups excluding carboxylic acids is 1. The fraction of sp³-hybridized carbons (Fsp3) is 0.300. The van der Waals surface area contributed by atoms with Gasteiger partial charge in [0.15, 0.2) is 0 Å². The minimum Gasteiger partial charge on any atom is -0.426 e. The number of fused-ring (bicyclic) bond motifs is 1. The van der Waals surface area contributed by atoms with Crippen LogP contribution in [-0.4, -0.2) is 5.97 Å². The molecule has 1 atom stereocenters. The van der Waals surface area contributed by atoms with E-state index in [9.17, 15) is 4.79 Å². The van der Waals surface area contributed by atoms with E-state index in [-0.39, 0.29) is 11.9 Å². The van der Waals surface area contributed by atoms with Gasteiger partial charge in [-0.25, -0.2) is 0 Å². The predicted molar refractivity (Wildman–Crippen MR) is 49.6 cm³/mol. The molecule has 1 unspecified atom stereocenters. The summed E-state index contributed by atoms with van der Waals surface area (Å²) in [6.07, 6.45) is 0. The van der Waals surface area contributed by atoms with Crippen LogP contribution in [0, 0.1) is 6.92 Å². The Bertz CT molecular complexity index is 385. The van der Waals surface area contributed by atoms with Gasteiger partial charge in [0.2, 0.25) is 0 Å². The maximum atomic E-state index is 11.2. The van der Waals surface area contributed by atoms with E-state index in [1.54, 1.807) is 6.07 Å². The normalized spacial score (nSPS) is 19.8. The van der Waals surface area contributed by atoms with Crippen LogP contribution in [0.25, 0.3) is 0 Å². The van der Waals surface area contributed by atoms with E-state index in [1.165, 1.54) is 0 Å². The Hall–Kier alpha value is -1.51. The van der Waals surface area contributed by atoms with Crippen molar-refractivity contribution >= 4 is 11.7 Å². The molecule has 1 aliphatic rings. The van der Waals surface area contributed by atoms with Crippen LogP contribution in [0.15, 0.2) is 12.1 Å². The predicted octanol–water partition coefficient (Wildman–Crippen LogP) is 1.60. The lowest BCUT2D eigenvalue weighted by Crippen LogP contribution is -2.05. The minimum absolute atomic E-state index is 0.158. The summed E-state index contributed by atoms with van der Waals surface area (Å²) in [5.41, 5.74) is 8.29. The van der Waals surface area contributed by atoms with Crippen LogP contribution in [0.4, 0.5) is 5.69 Å². The molecule has 0 radical (unpaired) electrons. The highest BCUT2D eigenvalue weighted by atomic mass is 16.5. The average molecular weight is 177 g/mol. The highest BCUT2D eigenvalue weighted by Crippen LogP contribution is 2.37. The summed E-state index contributed by atoms with van der Waals surface area (Å²) in [6.45, 7) is 3.76. The number of carbonyl (C=O) groups is 1. The number of hydrogen-bond acceptors (Lipinski definition) is 3. The van der Waals surface area contributed by atoms with Crippen molar-refractivity contribution in [1.29, 1.82) is 0 Å². The van der Waals surface area contributed by atoms with Crippen LogP contribution in [0.1, 0.15) is 24.0 Å². The molecule has 1 heterocycles. The molecule has 3 heteroatoms. The molecule has 3 nitrogen and oxygen atoms in total. The molecule has 1 aliphatic heterocycles. The van der Waals surface area contributed by atoms with Crippen molar-refractivity contribution in [2.24, 2.45) is 0 Å². The monoisotopic (exact) mass is 177 g/mol. The Morgan fingerprint density at radius 2 is 2.15 bits per heavy atom. The number of hydrogen-bond donors (Lipinski definition) is 1. The second-order valence-corrected chi connectivity index (χ2v) is 3.39. The molecule has 2 rings (SSSR count). The maximum Gasteiger partial charge on any atom is 0.318 e. The summed E-state index contributed by atoms with van der Waals surface area (Å²) in [7, 11) is 0. The summed E-state index contributed by atoms with van der Waals surface area (Å²) in [6, 6.07) is 3.63. The summed E-state index contributed by atoms with van der Waals surface area (Å²) in [5.74, 6) is 0.259. The number of ether oxygens (including phenoxy) is 1. The van der Waals surface area contributed by atoms with Crippen molar-refractivity contribution in [1.82, 2.24) is 0 Å². The number of nitrogens with two attached hydrogens (primary N) is 1. The second-order valence-electron chi connectivity index (χ2n) is 3.39. The number of esters is 1. The first-order valence-electron chi connectivity index (χ1n) is 4.21. The van der Waals surface area contributed by atoms with Crippen molar-refractivity contribution in [2.45, 2.75) is 19.8 Å². The van der Waals surface area contributed by atoms with E-state index in [0.29, 0.717) is 11.4 Å². The molecule has 1 aromatic rings. The number of nitrogen functional groups attached to an aromatic ring is 1. The molecule has 0 saturated heterocycles. The Labute approximate surface area is 76.5 Å². The fourth-order valence-corrected chi connectivity index (χ4v) is 1.48. The molecule has 0 spiro atoms. The topological polar surface area (TPSA) is 52.3 Å². The zero-order valence-electron chi connectivity index (χ0n) is 7.63. The molecule has 2 N–H and O–H groups in total. The highest BCUT2D eigenvalue weighted by Gasteiger charge is 2.29. The number of benzene rings is 1. The number of aryl methyl sites for hydroxylation is 1. The lowest BCUT2D eigenvalue weighted by Gasteiger charge is -2.03. The third kappa shape index (κ3) is 1.08. The second kappa shape index (κ2) is 2.49. The van der Waals surface area contributed by atoms with Crippen molar-refractivity contribution in [2.75, 3.05) is 5.73 Å². The quantitative estimate of drug-likeness (QED) is 0.372. The Morgan fingerprint density at radius 3 is 2.85 bits per heavy atom. The smallest absolute Gasteiger partial charge is 0.318 e. The Balaban J connectivity index is 2.59. The van der Waals surface area contributed by atoms with E-state index in [2.05, 4.69) is 0 Å². The molecule has 0 bridgehead atoms. The van der Waals surface area contributed by atoms with Crippen LogP contribution in [0.3, 0.4) is 0 Å². The van der Waals surface area contributed by atoms with Gasteiger partial charge in [-0.05, 0) is 25.5 Å². The molecule has 0 fully saturated rings. The van der Waals surface area contributed by atoms with E-state index in [1.807, 2.05) is 19.9 Å². The Morgan fingerprint density at radius 1 is 1.46 bits per heavy atom. The molecule has 68 valence electrons. The summed E-state index contributed by atoms with van der Waals surface area (Å²) >= 11 is 0. The summed E-state index contributed by atoms with van der Waals surface area (Å²) < 4.78 is 5.04. The summed E-state index contributed by atoms with van der Waals surface area (Å²) in [4.78, 5) is 11.2. The van der Waals surface area contributed by atoms with E-state index < -0.39 is 0 Å². The lowest BCUT2D eigenvalue weighted by molar-refractivity contribution is -0.133. The van der Waals surface area contributed by atoms with Gasteiger partial charge in [0.25, 0.3) is 0 Å². The van der Waals surface area contributed by atoms with Gasteiger partial charge < -0.3 is 10.5 Å². The van der Waals surface area contributed by atoms with Gasteiger partial charge in [-0.1, -0.05) is 0 Å². The van der Waals surface area contributed by atoms with Crippen LogP contribution in [0.5, 0.6) is 5.75 Å².